The molecule has 4 nitrogen and oxygen atoms in total. The van der Waals surface area contributed by atoms with Gasteiger partial charge in [0.1, 0.15) is 5.56 Å². The fourth-order valence-electron chi connectivity index (χ4n) is 2.57. The van der Waals surface area contributed by atoms with Crippen LogP contribution < -0.4 is 5.56 Å². The minimum Gasteiger partial charge on any atom is -0.462 e. The summed E-state index contributed by atoms with van der Waals surface area (Å²) >= 11 is 6.01. The normalized spacial score (nSPS) is 10.7. The number of fused-ring (bicyclic) bond motifs is 1. The lowest BCUT2D eigenvalue weighted by molar-refractivity contribution is 0.0525. The third-order valence-corrected chi connectivity index (χ3v) is 3.75. The second kappa shape index (κ2) is 6.26. The second-order valence-corrected chi connectivity index (χ2v) is 5.42. The highest BCUT2D eigenvalue weighted by atomic mass is 35.5. The zero-order valence-electron chi connectivity index (χ0n) is 12.4. The molecule has 0 radical (unpaired) electrons. The van der Waals surface area contributed by atoms with Crippen molar-refractivity contribution in [3.63, 3.8) is 0 Å². The Morgan fingerprint density at radius 3 is 2.61 bits per heavy atom. The third-order valence-electron chi connectivity index (χ3n) is 3.52. The van der Waals surface area contributed by atoms with Gasteiger partial charge < -0.3 is 9.72 Å². The van der Waals surface area contributed by atoms with Crippen LogP contribution >= 0.6 is 11.6 Å². The van der Waals surface area contributed by atoms with Gasteiger partial charge in [-0.25, -0.2) is 4.79 Å². The van der Waals surface area contributed by atoms with Gasteiger partial charge in [-0.05, 0) is 24.6 Å². The highest BCUT2D eigenvalue weighted by Crippen LogP contribution is 2.31. The zero-order chi connectivity index (χ0) is 16.4. The molecule has 5 heteroatoms. The van der Waals surface area contributed by atoms with E-state index in [2.05, 4.69) is 4.98 Å². The summed E-state index contributed by atoms with van der Waals surface area (Å²) in [5, 5.41) is 1.25. The van der Waals surface area contributed by atoms with Crippen molar-refractivity contribution < 1.29 is 9.53 Å². The molecule has 116 valence electrons. The van der Waals surface area contributed by atoms with Gasteiger partial charge in [-0.15, -0.1) is 0 Å². The molecule has 0 spiro atoms. The standard InChI is InChI=1S/C18H14ClNO3/c1-2-23-18(22)16-15(11-6-4-3-5-7-11)13-9-8-12(19)10-14(13)20-17(16)21/h3-10H,2H2,1H3,(H,20,21). The smallest absolute Gasteiger partial charge is 0.344 e. The zero-order valence-corrected chi connectivity index (χ0v) is 13.2. The maximum Gasteiger partial charge on any atom is 0.344 e. The van der Waals surface area contributed by atoms with Gasteiger partial charge in [0.05, 0.1) is 12.1 Å². The molecule has 0 aliphatic rings. The van der Waals surface area contributed by atoms with Crippen LogP contribution in [0.3, 0.4) is 0 Å². The highest BCUT2D eigenvalue weighted by molar-refractivity contribution is 6.31. The fourth-order valence-corrected chi connectivity index (χ4v) is 2.75. The number of hydrogen-bond donors (Lipinski definition) is 1. The Morgan fingerprint density at radius 1 is 1.17 bits per heavy atom. The van der Waals surface area contributed by atoms with Gasteiger partial charge >= 0.3 is 5.97 Å². The van der Waals surface area contributed by atoms with E-state index >= 15 is 0 Å². The highest BCUT2D eigenvalue weighted by Gasteiger charge is 2.21. The lowest BCUT2D eigenvalue weighted by atomic mass is 9.96. The Balaban J connectivity index is 2.42. The number of hydrogen-bond acceptors (Lipinski definition) is 3. The molecule has 23 heavy (non-hydrogen) atoms. The molecule has 0 bridgehead atoms. The summed E-state index contributed by atoms with van der Waals surface area (Å²) in [5.41, 5.74) is 1.42. The van der Waals surface area contributed by atoms with Crippen molar-refractivity contribution >= 4 is 28.5 Å². The average molecular weight is 328 g/mol. The molecule has 0 aliphatic heterocycles. The Labute approximate surface area is 137 Å². The van der Waals surface area contributed by atoms with Crippen LogP contribution in [0.4, 0.5) is 0 Å². The first-order valence-corrected chi connectivity index (χ1v) is 7.57. The van der Waals surface area contributed by atoms with Crippen LogP contribution in [0.25, 0.3) is 22.0 Å². The van der Waals surface area contributed by atoms with E-state index in [1.165, 1.54) is 0 Å². The molecule has 2 aromatic carbocycles. The number of carbonyl (C=O) groups excluding carboxylic acids is 1. The van der Waals surface area contributed by atoms with Crippen molar-refractivity contribution in [2.45, 2.75) is 6.92 Å². The van der Waals surface area contributed by atoms with Crippen molar-refractivity contribution in [1.82, 2.24) is 4.98 Å². The topological polar surface area (TPSA) is 59.2 Å². The molecule has 1 N–H and O–H groups in total. The molecule has 0 saturated carbocycles. The molecule has 0 atom stereocenters. The lowest BCUT2D eigenvalue weighted by Gasteiger charge is -2.12. The summed E-state index contributed by atoms with van der Waals surface area (Å²) < 4.78 is 5.06. The number of carbonyl (C=O) groups is 1. The van der Waals surface area contributed by atoms with Crippen LogP contribution in [0.1, 0.15) is 17.3 Å². The van der Waals surface area contributed by atoms with E-state index in [4.69, 9.17) is 16.3 Å². The van der Waals surface area contributed by atoms with Gasteiger partial charge in [0.15, 0.2) is 0 Å². The van der Waals surface area contributed by atoms with Gasteiger partial charge in [0.2, 0.25) is 0 Å². The second-order valence-electron chi connectivity index (χ2n) is 4.98. The molecule has 1 aromatic heterocycles. The number of ether oxygens (including phenoxy) is 1. The first-order valence-electron chi connectivity index (χ1n) is 7.20. The van der Waals surface area contributed by atoms with Crippen LogP contribution in [0, 0.1) is 0 Å². The minimum atomic E-state index is -0.635. The van der Waals surface area contributed by atoms with E-state index in [0.717, 1.165) is 10.9 Å². The molecule has 0 fully saturated rings. The number of pyridine rings is 1. The van der Waals surface area contributed by atoms with Crippen molar-refractivity contribution in [3.05, 3.63) is 69.5 Å². The van der Waals surface area contributed by atoms with Crippen molar-refractivity contribution in [2.75, 3.05) is 6.61 Å². The van der Waals surface area contributed by atoms with Crippen molar-refractivity contribution in [2.24, 2.45) is 0 Å². The minimum absolute atomic E-state index is 0.00729. The van der Waals surface area contributed by atoms with Crippen LogP contribution in [-0.4, -0.2) is 17.6 Å². The first-order chi connectivity index (χ1) is 11.1. The molecule has 0 unspecified atom stereocenters. The summed E-state index contributed by atoms with van der Waals surface area (Å²) in [6.07, 6.45) is 0. The van der Waals surface area contributed by atoms with Gasteiger partial charge in [-0.1, -0.05) is 48.0 Å². The molecule has 3 aromatic rings. The summed E-state index contributed by atoms with van der Waals surface area (Å²) in [7, 11) is 0. The third kappa shape index (κ3) is 2.85. The number of benzene rings is 2. The molecule has 1 heterocycles. The van der Waals surface area contributed by atoms with Crippen LogP contribution in [0.2, 0.25) is 5.02 Å². The number of rotatable bonds is 3. The maximum absolute atomic E-state index is 12.5. The number of H-pyrrole nitrogens is 1. The quantitative estimate of drug-likeness (QED) is 0.739. The molecule has 0 amide bonds. The predicted octanol–water partition coefficient (Wildman–Crippen LogP) is 4.03. The van der Waals surface area contributed by atoms with Crippen molar-refractivity contribution in [1.29, 1.82) is 0 Å². The van der Waals surface area contributed by atoms with Crippen LogP contribution in [-0.2, 0) is 4.74 Å². The van der Waals surface area contributed by atoms with Gasteiger partial charge in [0.25, 0.3) is 5.56 Å². The Bertz CT molecular complexity index is 932. The van der Waals surface area contributed by atoms with Gasteiger partial charge in [-0.2, -0.15) is 0 Å². The number of nitrogens with one attached hydrogen (secondary N) is 1. The predicted molar refractivity (Wildman–Crippen MR) is 91.0 cm³/mol. The lowest BCUT2D eigenvalue weighted by Crippen LogP contribution is -2.21. The average Bonchev–Trinajstić information content (AvgIpc) is 2.54. The van der Waals surface area contributed by atoms with Gasteiger partial charge in [-0.3, -0.25) is 4.79 Å². The summed E-state index contributed by atoms with van der Waals surface area (Å²) in [6, 6.07) is 14.5. The summed E-state index contributed by atoms with van der Waals surface area (Å²) in [4.78, 5) is 27.5. The Morgan fingerprint density at radius 2 is 1.91 bits per heavy atom. The molecular weight excluding hydrogens is 314 g/mol. The number of aromatic nitrogens is 1. The SMILES string of the molecule is CCOC(=O)c1c(-c2ccccc2)c2ccc(Cl)cc2[nH]c1=O. The Kier molecular flexibility index (Phi) is 4.17. The van der Waals surface area contributed by atoms with E-state index in [1.54, 1.807) is 25.1 Å². The van der Waals surface area contributed by atoms with E-state index in [9.17, 15) is 9.59 Å². The van der Waals surface area contributed by atoms with Crippen LogP contribution in [0.5, 0.6) is 0 Å². The fraction of sp³-hybridized carbons (Fsp3) is 0.111. The molecule has 0 aliphatic carbocycles. The first kappa shape index (κ1) is 15.3. The largest absolute Gasteiger partial charge is 0.462 e. The van der Waals surface area contributed by atoms with E-state index in [1.807, 2.05) is 30.3 Å². The van der Waals surface area contributed by atoms with E-state index in [-0.39, 0.29) is 12.2 Å². The van der Waals surface area contributed by atoms with Gasteiger partial charge in [0, 0.05) is 16.0 Å². The van der Waals surface area contributed by atoms with E-state index < -0.39 is 11.5 Å². The molecular formula is C18H14ClNO3. The van der Waals surface area contributed by atoms with Crippen molar-refractivity contribution in [3.8, 4) is 11.1 Å². The van der Waals surface area contributed by atoms with E-state index in [0.29, 0.717) is 16.1 Å². The maximum atomic E-state index is 12.5. The Hall–Kier alpha value is -2.59. The number of halogens is 1. The monoisotopic (exact) mass is 327 g/mol. The molecule has 3 rings (SSSR count). The number of esters is 1. The van der Waals surface area contributed by atoms with Crippen LogP contribution in [0.15, 0.2) is 53.3 Å². The summed E-state index contributed by atoms with van der Waals surface area (Å²) in [6.45, 7) is 1.90. The number of aromatic amines is 1. The summed E-state index contributed by atoms with van der Waals surface area (Å²) in [5.74, 6) is -0.635. The molecule has 0 saturated heterocycles.